The van der Waals surface area contributed by atoms with Crippen molar-refractivity contribution in [3.05, 3.63) is 17.7 Å². The van der Waals surface area contributed by atoms with Crippen LogP contribution in [0.3, 0.4) is 0 Å². The predicted octanol–water partition coefficient (Wildman–Crippen LogP) is 1.18. The third-order valence-electron chi connectivity index (χ3n) is 2.02. The quantitative estimate of drug-likeness (QED) is 0.823. The molecule has 6 heteroatoms. The molecule has 4 nitrogen and oxygen atoms in total. The summed E-state index contributed by atoms with van der Waals surface area (Å²) in [5, 5.41) is 2.51. The molecule has 0 bridgehead atoms. The highest BCUT2D eigenvalue weighted by atomic mass is 19.1. The molecule has 1 aliphatic heterocycles. The third-order valence-corrected chi connectivity index (χ3v) is 2.02. The van der Waals surface area contributed by atoms with Crippen LogP contribution in [0.2, 0.25) is 0 Å². The zero-order valence-corrected chi connectivity index (χ0v) is 8.09. The zero-order valence-electron chi connectivity index (χ0n) is 8.09. The van der Waals surface area contributed by atoms with Crippen LogP contribution < -0.4 is 10.1 Å². The summed E-state index contributed by atoms with van der Waals surface area (Å²) in [6.45, 7) is 0.820. The van der Waals surface area contributed by atoms with Crippen molar-refractivity contribution in [1.29, 1.82) is 0 Å². The summed E-state index contributed by atoms with van der Waals surface area (Å²) < 4.78 is 36.2. The Morgan fingerprint density at radius 1 is 1.47 bits per heavy atom. The summed E-state index contributed by atoms with van der Waals surface area (Å²) in [7, 11) is 1.50. The molecule has 2 heterocycles. The lowest BCUT2D eigenvalue weighted by atomic mass is 10.3. The molecule has 2 rings (SSSR count). The van der Waals surface area contributed by atoms with Gasteiger partial charge in [0.05, 0.1) is 13.2 Å². The maximum absolute atomic E-state index is 13.2. The maximum Gasteiger partial charge on any atom is 0.253 e. The van der Waals surface area contributed by atoms with Crippen molar-refractivity contribution in [1.82, 2.24) is 4.98 Å². The summed E-state index contributed by atoms with van der Waals surface area (Å²) in [5.74, 6) is -1.79. The van der Waals surface area contributed by atoms with Crippen LogP contribution in [0.15, 0.2) is 6.07 Å². The van der Waals surface area contributed by atoms with Crippen LogP contribution in [0.25, 0.3) is 0 Å². The molecule has 1 aliphatic rings. The van der Waals surface area contributed by atoms with Gasteiger partial charge in [0.25, 0.3) is 5.88 Å². The highest BCUT2D eigenvalue weighted by Crippen LogP contribution is 2.22. The first-order chi connectivity index (χ1) is 7.20. The van der Waals surface area contributed by atoms with Crippen molar-refractivity contribution >= 4 is 5.82 Å². The average molecular weight is 216 g/mol. The SMILES string of the molecule is CNc1nc(OC2COC2)c(F)cc1F. The number of halogens is 2. The van der Waals surface area contributed by atoms with Gasteiger partial charge in [0.2, 0.25) is 0 Å². The standard InChI is InChI=1S/C9H10F2N2O2/c1-12-8-6(10)2-7(11)9(13-8)15-5-3-14-4-5/h2,5H,3-4H2,1H3,(H,12,13). The molecule has 0 radical (unpaired) electrons. The Hall–Kier alpha value is -1.43. The molecule has 0 aliphatic carbocycles. The number of pyridine rings is 1. The van der Waals surface area contributed by atoms with E-state index < -0.39 is 11.6 Å². The molecule has 0 spiro atoms. The molecule has 0 atom stereocenters. The molecular formula is C9H10F2N2O2. The molecule has 0 amide bonds. The van der Waals surface area contributed by atoms with Crippen molar-refractivity contribution in [3.8, 4) is 5.88 Å². The molecule has 1 saturated heterocycles. The van der Waals surface area contributed by atoms with E-state index in [1.165, 1.54) is 7.05 Å². The monoisotopic (exact) mass is 216 g/mol. The minimum Gasteiger partial charge on any atom is -0.467 e. The first-order valence-corrected chi connectivity index (χ1v) is 4.49. The Labute approximate surface area is 85.2 Å². The summed E-state index contributed by atoms with van der Waals surface area (Å²) >= 11 is 0. The van der Waals surface area contributed by atoms with Gasteiger partial charge < -0.3 is 14.8 Å². The van der Waals surface area contributed by atoms with E-state index in [0.717, 1.165) is 6.07 Å². The summed E-state index contributed by atoms with van der Waals surface area (Å²) in [6, 6.07) is 0.744. The van der Waals surface area contributed by atoms with Crippen LogP contribution in [-0.2, 0) is 4.74 Å². The predicted molar refractivity (Wildman–Crippen MR) is 48.9 cm³/mol. The number of ether oxygens (including phenoxy) is 2. The van der Waals surface area contributed by atoms with Crippen molar-refractivity contribution in [3.63, 3.8) is 0 Å². The van der Waals surface area contributed by atoms with E-state index >= 15 is 0 Å². The smallest absolute Gasteiger partial charge is 0.253 e. The van der Waals surface area contributed by atoms with E-state index in [9.17, 15) is 8.78 Å². The van der Waals surface area contributed by atoms with Gasteiger partial charge in [-0.25, -0.2) is 8.78 Å². The second-order valence-electron chi connectivity index (χ2n) is 3.13. The molecule has 0 aromatic carbocycles. The number of nitrogens with one attached hydrogen (secondary N) is 1. The average Bonchev–Trinajstić information content (AvgIpc) is 2.14. The number of nitrogens with zero attached hydrogens (tertiary/aromatic N) is 1. The van der Waals surface area contributed by atoms with E-state index in [1.807, 2.05) is 0 Å². The Balaban J connectivity index is 2.21. The Morgan fingerprint density at radius 2 is 2.20 bits per heavy atom. The number of hydrogen-bond acceptors (Lipinski definition) is 4. The molecule has 15 heavy (non-hydrogen) atoms. The maximum atomic E-state index is 13.2. The number of hydrogen-bond donors (Lipinski definition) is 1. The minimum atomic E-state index is -0.807. The van der Waals surface area contributed by atoms with Gasteiger partial charge in [-0.15, -0.1) is 0 Å². The summed E-state index contributed by atoms with van der Waals surface area (Å²) in [5.41, 5.74) is 0. The van der Waals surface area contributed by atoms with Gasteiger partial charge in [-0.2, -0.15) is 4.98 Å². The first kappa shape index (κ1) is 10.1. The van der Waals surface area contributed by atoms with Gasteiger partial charge in [-0.1, -0.05) is 0 Å². The first-order valence-electron chi connectivity index (χ1n) is 4.49. The molecular weight excluding hydrogens is 206 g/mol. The van der Waals surface area contributed by atoms with Gasteiger partial charge in [0.1, 0.15) is 6.10 Å². The minimum absolute atomic E-state index is 0.0355. The number of anilines is 1. The fourth-order valence-electron chi connectivity index (χ4n) is 1.15. The lowest BCUT2D eigenvalue weighted by Crippen LogP contribution is -2.39. The topological polar surface area (TPSA) is 43.4 Å². The zero-order chi connectivity index (χ0) is 10.8. The van der Waals surface area contributed by atoms with Gasteiger partial charge in [-0.05, 0) is 0 Å². The lowest BCUT2D eigenvalue weighted by molar-refractivity contribution is -0.0826. The number of rotatable bonds is 3. The van der Waals surface area contributed by atoms with E-state index in [0.29, 0.717) is 13.2 Å². The van der Waals surface area contributed by atoms with Crippen LogP contribution in [0.4, 0.5) is 14.6 Å². The van der Waals surface area contributed by atoms with E-state index in [4.69, 9.17) is 9.47 Å². The van der Waals surface area contributed by atoms with Gasteiger partial charge >= 0.3 is 0 Å². The molecule has 82 valence electrons. The third kappa shape index (κ3) is 1.99. The fraction of sp³-hybridized carbons (Fsp3) is 0.444. The second kappa shape index (κ2) is 3.98. The van der Waals surface area contributed by atoms with Crippen LogP contribution in [0.1, 0.15) is 0 Å². The van der Waals surface area contributed by atoms with Gasteiger partial charge in [0.15, 0.2) is 17.5 Å². The van der Waals surface area contributed by atoms with Crippen LogP contribution in [0.5, 0.6) is 5.88 Å². The fourth-order valence-corrected chi connectivity index (χ4v) is 1.15. The van der Waals surface area contributed by atoms with Crippen molar-refractivity contribution in [2.45, 2.75) is 6.10 Å². The number of aromatic nitrogens is 1. The lowest BCUT2D eigenvalue weighted by Gasteiger charge is -2.26. The normalized spacial score (nSPS) is 15.9. The molecule has 0 saturated carbocycles. The summed E-state index contributed by atoms with van der Waals surface area (Å²) in [4.78, 5) is 3.67. The second-order valence-corrected chi connectivity index (χ2v) is 3.13. The summed E-state index contributed by atoms with van der Waals surface area (Å²) in [6.07, 6.45) is -0.192. The molecule has 1 aromatic heterocycles. The molecule has 1 N–H and O–H groups in total. The van der Waals surface area contributed by atoms with E-state index in [-0.39, 0.29) is 17.8 Å². The highest BCUT2D eigenvalue weighted by molar-refractivity contribution is 5.39. The molecule has 0 unspecified atom stereocenters. The van der Waals surface area contributed by atoms with Crippen LogP contribution in [-0.4, -0.2) is 31.3 Å². The van der Waals surface area contributed by atoms with Crippen molar-refractivity contribution < 1.29 is 18.3 Å². The Kier molecular flexibility index (Phi) is 2.68. The molecule has 1 aromatic rings. The largest absolute Gasteiger partial charge is 0.467 e. The van der Waals surface area contributed by atoms with Gasteiger partial charge in [-0.3, -0.25) is 0 Å². The van der Waals surface area contributed by atoms with E-state index in [1.54, 1.807) is 0 Å². The Bertz CT molecular complexity index is 369. The van der Waals surface area contributed by atoms with Crippen molar-refractivity contribution in [2.75, 3.05) is 25.6 Å². The van der Waals surface area contributed by atoms with E-state index in [2.05, 4.69) is 10.3 Å². The highest BCUT2D eigenvalue weighted by Gasteiger charge is 2.23. The molecule has 1 fully saturated rings. The Morgan fingerprint density at radius 3 is 2.73 bits per heavy atom. The van der Waals surface area contributed by atoms with Crippen molar-refractivity contribution in [2.24, 2.45) is 0 Å². The van der Waals surface area contributed by atoms with Crippen LogP contribution in [0, 0.1) is 11.6 Å². The van der Waals surface area contributed by atoms with Gasteiger partial charge in [0, 0.05) is 13.1 Å². The van der Waals surface area contributed by atoms with Crippen LogP contribution >= 0.6 is 0 Å².